The maximum absolute atomic E-state index is 13.5. The van der Waals surface area contributed by atoms with Gasteiger partial charge in [-0.15, -0.1) is 0 Å². The van der Waals surface area contributed by atoms with Gasteiger partial charge >= 0.3 is 5.76 Å². The lowest BCUT2D eigenvalue weighted by Crippen LogP contribution is -2.55. The van der Waals surface area contributed by atoms with Crippen molar-refractivity contribution in [3.63, 3.8) is 0 Å². The molecule has 0 unspecified atom stereocenters. The van der Waals surface area contributed by atoms with Gasteiger partial charge in [-0.05, 0) is 42.5 Å². The molecule has 2 atom stereocenters. The molecule has 0 saturated carbocycles. The number of alkyl halides is 2. The molecular weight excluding hydrogens is 532 g/mol. The van der Waals surface area contributed by atoms with Crippen molar-refractivity contribution in [1.29, 1.82) is 0 Å². The van der Waals surface area contributed by atoms with Crippen molar-refractivity contribution in [2.45, 2.75) is 31.0 Å². The van der Waals surface area contributed by atoms with Crippen molar-refractivity contribution in [2.24, 2.45) is 0 Å². The van der Waals surface area contributed by atoms with Crippen LogP contribution < -0.4 is 16.0 Å². The van der Waals surface area contributed by atoms with Crippen LogP contribution in [0.3, 0.4) is 0 Å². The van der Waals surface area contributed by atoms with E-state index in [1.165, 1.54) is 34.1 Å². The largest absolute Gasteiger partial charge is 0.439 e. The van der Waals surface area contributed by atoms with Crippen LogP contribution in [0.5, 0.6) is 0 Å². The van der Waals surface area contributed by atoms with Crippen LogP contribution in [-0.2, 0) is 14.3 Å². The number of aromatic nitrogens is 2. The second-order valence-corrected chi connectivity index (χ2v) is 9.43. The SMILES string of the molecule is O=C(Nc1ccc(-c2noc(=O)[nH]2)cc1)[C@H](O)[C@H]1OCCN(c2cccc(C(=O)N3CCC(F)(F)CC3)c2)C1=O. The van der Waals surface area contributed by atoms with Gasteiger partial charge in [0.05, 0.1) is 6.61 Å². The number of anilines is 2. The topological polar surface area (TPSA) is 158 Å². The molecule has 0 spiro atoms. The molecule has 0 aliphatic carbocycles. The quantitative estimate of drug-likeness (QED) is 0.413. The number of morpholine rings is 1. The van der Waals surface area contributed by atoms with Crippen LogP contribution >= 0.6 is 0 Å². The first-order valence-electron chi connectivity index (χ1n) is 12.5. The lowest BCUT2D eigenvalue weighted by Gasteiger charge is -2.34. The molecule has 210 valence electrons. The summed E-state index contributed by atoms with van der Waals surface area (Å²) in [5.74, 6) is -5.28. The molecule has 0 radical (unpaired) electrons. The Balaban J connectivity index is 1.24. The number of aliphatic hydroxyl groups excluding tert-OH is 1. The van der Waals surface area contributed by atoms with Crippen LogP contribution in [0.1, 0.15) is 23.2 Å². The van der Waals surface area contributed by atoms with Gasteiger partial charge in [0.2, 0.25) is 0 Å². The molecule has 2 fully saturated rings. The lowest BCUT2D eigenvalue weighted by molar-refractivity contribution is -0.150. The Bertz CT molecular complexity index is 1460. The number of benzene rings is 2. The zero-order valence-corrected chi connectivity index (χ0v) is 21.0. The summed E-state index contributed by atoms with van der Waals surface area (Å²) in [7, 11) is 0. The molecule has 2 aromatic carbocycles. The molecule has 3 amide bonds. The molecule has 0 bridgehead atoms. The van der Waals surface area contributed by atoms with E-state index >= 15 is 0 Å². The predicted octanol–water partition coefficient (Wildman–Crippen LogP) is 1.63. The van der Waals surface area contributed by atoms with E-state index in [-0.39, 0.29) is 37.6 Å². The Morgan fingerprint density at radius 2 is 1.82 bits per heavy atom. The number of ether oxygens (including phenoxy) is 1. The van der Waals surface area contributed by atoms with E-state index in [9.17, 15) is 33.1 Å². The van der Waals surface area contributed by atoms with Crippen molar-refractivity contribution in [2.75, 3.05) is 36.5 Å². The number of hydrogen-bond acceptors (Lipinski definition) is 8. The molecule has 5 rings (SSSR count). The highest BCUT2D eigenvalue weighted by Gasteiger charge is 2.40. The van der Waals surface area contributed by atoms with Gasteiger partial charge in [0.15, 0.2) is 18.0 Å². The number of nitrogens with one attached hydrogen (secondary N) is 2. The Hall–Kier alpha value is -4.43. The van der Waals surface area contributed by atoms with E-state index < -0.39 is 54.4 Å². The summed E-state index contributed by atoms with van der Waals surface area (Å²) in [6.07, 6.45) is -4.16. The summed E-state index contributed by atoms with van der Waals surface area (Å²) in [5, 5.41) is 16.7. The third-order valence-electron chi connectivity index (χ3n) is 6.73. The van der Waals surface area contributed by atoms with Crippen LogP contribution in [-0.4, -0.2) is 82.2 Å². The first-order valence-corrected chi connectivity index (χ1v) is 12.5. The van der Waals surface area contributed by atoms with Gasteiger partial charge < -0.3 is 25.0 Å². The van der Waals surface area contributed by atoms with Crippen molar-refractivity contribution in [3.8, 4) is 11.4 Å². The number of aliphatic hydroxyl groups is 1. The van der Waals surface area contributed by atoms with E-state index in [2.05, 4.69) is 20.0 Å². The average Bonchev–Trinajstić information content (AvgIpc) is 3.39. The number of carbonyl (C=O) groups excluding carboxylic acids is 3. The van der Waals surface area contributed by atoms with Gasteiger partial charge in [-0.1, -0.05) is 11.2 Å². The highest BCUT2D eigenvalue weighted by molar-refractivity contribution is 6.04. The van der Waals surface area contributed by atoms with Crippen LogP contribution in [0.25, 0.3) is 11.4 Å². The van der Waals surface area contributed by atoms with Crippen molar-refractivity contribution in [1.82, 2.24) is 15.0 Å². The summed E-state index contributed by atoms with van der Waals surface area (Å²) < 4.78 is 36.9. The van der Waals surface area contributed by atoms with Crippen molar-refractivity contribution < 1.29 is 37.5 Å². The van der Waals surface area contributed by atoms with Gasteiger partial charge in [-0.25, -0.2) is 13.6 Å². The molecule has 2 aliphatic heterocycles. The molecule has 1 aromatic heterocycles. The van der Waals surface area contributed by atoms with E-state index in [0.717, 1.165) is 0 Å². The first-order chi connectivity index (χ1) is 19.1. The van der Waals surface area contributed by atoms with Gasteiger partial charge in [-0.2, -0.15) is 0 Å². The molecule has 3 aromatic rings. The molecule has 2 aliphatic rings. The third kappa shape index (κ3) is 5.77. The highest BCUT2D eigenvalue weighted by Crippen LogP contribution is 2.29. The minimum absolute atomic E-state index is 0.0186. The zero-order valence-electron chi connectivity index (χ0n) is 21.0. The van der Waals surface area contributed by atoms with Crippen LogP contribution in [0, 0.1) is 0 Å². The maximum Gasteiger partial charge on any atom is 0.439 e. The summed E-state index contributed by atoms with van der Waals surface area (Å²) in [6.45, 7) is -0.00958. The number of likely N-dealkylation sites (tertiary alicyclic amines) is 1. The Morgan fingerprint density at radius 1 is 1.10 bits per heavy atom. The number of amides is 3. The second-order valence-electron chi connectivity index (χ2n) is 9.43. The van der Waals surface area contributed by atoms with Gasteiger partial charge in [0.1, 0.15) is 0 Å². The number of hydrogen-bond donors (Lipinski definition) is 3. The number of carbonyl (C=O) groups is 3. The summed E-state index contributed by atoms with van der Waals surface area (Å²) in [6, 6.07) is 12.3. The third-order valence-corrected chi connectivity index (χ3v) is 6.73. The molecule has 12 nitrogen and oxygen atoms in total. The van der Waals surface area contributed by atoms with Crippen molar-refractivity contribution >= 4 is 29.1 Å². The lowest BCUT2D eigenvalue weighted by atomic mass is 10.0. The fraction of sp³-hybridized carbons (Fsp3) is 0.346. The van der Waals surface area contributed by atoms with Crippen LogP contribution in [0.4, 0.5) is 20.2 Å². The number of halogens is 2. The number of nitrogens with zero attached hydrogens (tertiary/aromatic N) is 3. The Labute approximate surface area is 225 Å². The number of H-pyrrole nitrogens is 1. The smallest absolute Gasteiger partial charge is 0.380 e. The minimum Gasteiger partial charge on any atom is -0.380 e. The van der Waals surface area contributed by atoms with Crippen LogP contribution in [0.2, 0.25) is 0 Å². The Morgan fingerprint density at radius 3 is 2.50 bits per heavy atom. The summed E-state index contributed by atoms with van der Waals surface area (Å²) in [4.78, 5) is 55.0. The molecule has 3 heterocycles. The molecule has 40 heavy (non-hydrogen) atoms. The first kappa shape index (κ1) is 27.1. The fourth-order valence-electron chi connectivity index (χ4n) is 4.53. The van der Waals surface area contributed by atoms with Gasteiger partial charge in [-0.3, -0.25) is 23.9 Å². The molecule has 3 N–H and O–H groups in total. The zero-order chi connectivity index (χ0) is 28.4. The standard InChI is InChI=1S/C26H25F2N5O7/c27-26(28)8-10-32(11-9-26)23(36)16-2-1-3-18(14-16)33-12-13-39-20(24(33)37)19(34)22(35)29-17-6-4-15(5-7-17)21-30-25(38)40-31-21/h1-7,14,19-20,34H,8-13H2,(H,29,35)(H,30,31,38)/t19-,20-/m1/s1. The number of aromatic amines is 1. The molecule has 2 saturated heterocycles. The summed E-state index contributed by atoms with van der Waals surface area (Å²) in [5.41, 5.74) is 1.40. The highest BCUT2D eigenvalue weighted by atomic mass is 19.3. The fourth-order valence-corrected chi connectivity index (χ4v) is 4.53. The molecular formula is C26H25F2N5O7. The van der Waals surface area contributed by atoms with E-state index in [1.807, 2.05) is 0 Å². The van der Waals surface area contributed by atoms with E-state index in [1.54, 1.807) is 24.3 Å². The van der Waals surface area contributed by atoms with E-state index in [4.69, 9.17) is 4.74 Å². The minimum atomic E-state index is -2.79. The van der Waals surface area contributed by atoms with Crippen LogP contribution in [0.15, 0.2) is 57.8 Å². The normalized spacial score (nSPS) is 19.8. The monoisotopic (exact) mass is 557 g/mol. The number of rotatable bonds is 6. The predicted molar refractivity (Wildman–Crippen MR) is 136 cm³/mol. The average molecular weight is 558 g/mol. The van der Waals surface area contributed by atoms with Crippen molar-refractivity contribution in [3.05, 3.63) is 64.6 Å². The number of piperidine rings is 1. The summed E-state index contributed by atoms with van der Waals surface area (Å²) >= 11 is 0. The van der Waals surface area contributed by atoms with Gasteiger partial charge in [0.25, 0.3) is 23.6 Å². The second kappa shape index (κ2) is 11.0. The maximum atomic E-state index is 13.5. The van der Waals surface area contributed by atoms with E-state index in [0.29, 0.717) is 16.9 Å². The van der Waals surface area contributed by atoms with Gasteiger partial charge in [0, 0.05) is 55.0 Å². The Kier molecular flexibility index (Phi) is 7.45. The molecule has 14 heteroatoms.